The second-order valence-electron chi connectivity index (χ2n) is 5.48. The van der Waals surface area contributed by atoms with E-state index in [9.17, 15) is 13.2 Å². The second-order valence-corrected chi connectivity index (χ2v) is 5.92. The zero-order valence-electron chi connectivity index (χ0n) is 11.4. The van der Waals surface area contributed by atoms with Crippen molar-refractivity contribution in [3.05, 3.63) is 34.9 Å². The van der Waals surface area contributed by atoms with Gasteiger partial charge in [-0.15, -0.1) is 0 Å². The van der Waals surface area contributed by atoms with Crippen LogP contribution in [0.4, 0.5) is 13.2 Å². The van der Waals surface area contributed by atoms with Gasteiger partial charge in [-0.05, 0) is 37.5 Å². The van der Waals surface area contributed by atoms with Crippen LogP contribution in [0.25, 0.3) is 0 Å². The molecule has 0 bridgehead atoms. The molecular weight excluding hydrogens is 287 g/mol. The fraction of sp³-hybridized carbons (Fsp3) is 0.600. The zero-order valence-corrected chi connectivity index (χ0v) is 12.1. The summed E-state index contributed by atoms with van der Waals surface area (Å²) in [7, 11) is 0. The minimum absolute atomic E-state index is 0.137. The van der Waals surface area contributed by atoms with Gasteiger partial charge < -0.3 is 5.32 Å². The fourth-order valence-corrected chi connectivity index (χ4v) is 3.11. The minimum atomic E-state index is -4.12. The summed E-state index contributed by atoms with van der Waals surface area (Å²) in [6, 6.07) is 6.62. The average Bonchev–Trinajstić information content (AvgIpc) is 2.38. The third-order valence-electron chi connectivity index (χ3n) is 4.00. The van der Waals surface area contributed by atoms with Gasteiger partial charge in [0.25, 0.3) is 0 Å². The summed E-state index contributed by atoms with van der Waals surface area (Å²) in [6.45, 7) is 1.88. The molecule has 1 nitrogen and oxygen atoms in total. The molecule has 20 heavy (non-hydrogen) atoms. The Balaban J connectivity index is 2.07. The van der Waals surface area contributed by atoms with Crippen molar-refractivity contribution >= 4 is 11.6 Å². The van der Waals surface area contributed by atoms with Crippen molar-refractivity contribution in [3.63, 3.8) is 0 Å². The van der Waals surface area contributed by atoms with Gasteiger partial charge in [0.15, 0.2) is 0 Å². The molecule has 0 heterocycles. The first-order valence-electron chi connectivity index (χ1n) is 6.96. The van der Waals surface area contributed by atoms with E-state index in [1.165, 1.54) is 0 Å². The van der Waals surface area contributed by atoms with Gasteiger partial charge >= 0.3 is 6.18 Å². The number of hydrogen-bond donors (Lipinski definition) is 1. The predicted octanol–water partition coefficient (Wildman–Crippen LogP) is 5.11. The molecule has 1 N–H and O–H groups in total. The lowest BCUT2D eigenvalue weighted by Crippen LogP contribution is -2.46. The molecule has 0 saturated heterocycles. The van der Waals surface area contributed by atoms with Gasteiger partial charge in [-0.3, -0.25) is 0 Å². The van der Waals surface area contributed by atoms with Gasteiger partial charge in [-0.2, -0.15) is 13.2 Å². The lowest BCUT2D eigenvalue weighted by molar-refractivity contribution is -0.189. The van der Waals surface area contributed by atoms with E-state index >= 15 is 0 Å². The number of halogens is 4. The van der Waals surface area contributed by atoms with E-state index < -0.39 is 18.1 Å². The van der Waals surface area contributed by atoms with Crippen LogP contribution in [0.15, 0.2) is 24.3 Å². The first kappa shape index (κ1) is 15.6. The van der Waals surface area contributed by atoms with Crippen molar-refractivity contribution in [3.8, 4) is 0 Å². The van der Waals surface area contributed by atoms with E-state index in [1.54, 1.807) is 12.1 Å². The van der Waals surface area contributed by atoms with Gasteiger partial charge in [-0.1, -0.05) is 36.6 Å². The van der Waals surface area contributed by atoms with E-state index in [0.717, 1.165) is 12.0 Å². The van der Waals surface area contributed by atoms with E-state index in [1.807, 2.05) is 19.1 Å². The molecule has 2 rings (SSSR count). The van der Waals surface area contributed by atoms with E-state index in [0.29, 0.717) is 17.9 Å². The smallest absolute Gasteiger partial charge is 0.307 e. The highest BCUT2D eigenvalue weighted by Gasteiger charge is 2.45. The molecule has 1 aromatic carbocycles. The molecule has 1 fully saturated rings. The van der Waals surface area contributed by atoms with Crippen LogP contribution in [-0.2, 0) is 0 Å². The molecule has 0 radical (unpaired) electrons. The first-order valence-corrected chi connectivity index (χ1v) is 7.34. The summed E-state index contributed by atoms with van der Waals surface area (Å²) in [4.78, 5) is 0. The van der Waals surface area contributed by atoms with E-state index in [4.69, 9.17) is 11.6 Å². The number of rotatable bonds is 3. The molecule has 1 saturated carbocycles. The molecule has 1 aliphatic rings. The van der Waals surface area contributed by atoms with Crippen LogP contribution in [0.3, 0.4) is 0 Å². The van der Waals surface area contributed by atoms with Gasteiger partial charge in [0.2, 0.25) is 0 Å². The van der Waals surface area contributed by atoms with Crippen molar-refractivity contribution < 1.29 is 13.2 Å². The SMILES string of the molecule is C[C@H](NC1CCCCC1C(F)(F)F)c1cccc(Cl)c1. The van der Waals surface area contributed by atoms with Crippen molar-refractivity contribution in [2.24, 2.45) is 5.92 Å². The third-order valence-corrected chi connectivity index (χ3v) is 4.23. The molecule has 3 atom stereocenters. The molecular formula is C15H19ClF3N. The molecule has 5 heteroatoms. The lowest BCUT2D eigenvalue weighted by Gasteiger charge is -2.35. The van der Waals surface area contributed by atoms with E-state index in [2.05, 4.69) is 5.32 Å². The Morgan fingerprint density at radius 3 is 2.60 bits per heavy atom. The summed E-state index contributed by atoms with van der Waals surface area (Å²) in [5.41, 5.74) is 0.920. The van der Waals surface area contributed by atoms with Crippen LogP contribution in [0.5, 0.6) is 0 Å². The Labute approximate surface area is 122 Å². The van der Waals surface area contributed by atoms with Crippen molar-refractivity contribution in [1.29, 1.82) is 0 Å². The van der Waals surface area contributed by atoms with Crippen LogP contribution >= 0.6 is 11.6 Å². The van der Waals surface area contributed by atoms with Crippen LogP contribution < -0.4 is 5.32 Å². The monoisotopic (exact) mass is 305 g/mol. The quantitative estimate of drug-likeness (QED) is 0.818. The molecule has 112 valence electrons. The summed E-state index contributed by atoms with van der Waals surface area (Å²) < 4.78 is 39.1. The maximum Gasteiger partial charge on any atom is 0.393 e. The normalized spacial score (nSPS) is 25.4. The Morgan fingerprint density at radius 1 is 1.25 bits per heavy atom. The van der Waals surface area contributed by atoms with Crippen LogP contribution in [-0.4, -0.2) is 12.2 Å². The van der Waals surface area contributed by atoms with Crippen LogP contribution in [0, 0.1) is 5.92 Å². The highest BCUT2D eigenvalue weighted by molar-refractivity contribution is 6.30. The standard InChI is InChI=1S/C15H19ClF3N/c1-10(11-5-4-6-12(16)9-11)20-14-8-3-2-7-13(14)15(17,18)19/h4-6,9-10,13-14,20H,2-3,7-8H2,1H3/t10-,13?,14?/m0/s1. The summed E-state index contributed by atoms with van der Waals surface area (Å²) in [5.74, 6) is -1.24. The molecule has 0 aliphatic heterocycles. The van der Waals surface area contributed by atoms with Gasteiger partial charge in [0.05, 0.1) is 5.92 Å². The summed E-state index contributed by atoms with van der Waals surface area (Å²) in [5, 5.41) is 3.74. The second kappa shape index (κ2) is 6.35. The Kier molecular flexibility index (Phi) is 4.97. The maximum atomic E-state index is 13.0. The van der Waals surface area contributed by atoms with Crippen LogP contribution in [0.2, 0.25) is 5.02 Å². The largest absolute Gasteiger partial charge is 0.393 e. The molecule has 0 amide bonds. The highest BCUT2D eigenvalue weighted by atomic mass is 35.5. The summed E-state index contributed by atoms with van der Waals surface area (Å²) >= 11 is 5.93. The fourth-order valence-electron chi connectivity index (χ4n) is 2.92. The molecule has 0 spiro atoms. The van der Waals surface area contributed by atoms with Crippen molar-refractivity contribution in [2.45, 2.75) is 50.9 Å². The zero-order chi connectivity index (χ0) is 14.8. The van der Waals surface area contributed by atoms with Crippen molar-refractivity contribution in [2.75, 3.05) is 0 Å². The number of alkyl halides is 3. The van der Waals surface area contributed by atoms with Gasteiger partial charge in [-0.25, -0.2) is 0 Å². The highest BCUT2D eigenvalue weighted by Crippen LogP contribution is 2.38. The number of benzene rings is 1. The Bertz CT molecular complexity index is 447. The Morgan fingerprint density at radius 2 is 1.95 bits per heavy atom. The van der Waals surface area contributed by atoms with Crippen LogP contribution in [0.1, 0.15) is 44.2 Å². The van der Waals surface area contributed by atoms with Crippen molar-refractivity contribution in [1.82, 2.24) is 5.32 Å². The van der Waals surface area contributed by atoms with Gasteiger partial charge in [0, 0.05) is 17.1 Å². The minimum Gasteiger partial charge on any atom is -0.307 e. The summed E-state index contributed by atoms with van der Waals surface area (Å²) in [6.07, 6.45) is -1.80. The number of nitrogens with one attached hydrogen (secondary N) is 1. The van der Waals surface area contributed by atoms with Gasteiger partial charge in [0.1, 0.15) is 0 Å². The molecule has 2 unspecified atom stereocenters. The first-order chi connectivity index (χ1) is 9.38. The Hall–Kier alpha value is -0.740. The topological polar surface area (TPSA) is 12.0 Å². The third kappa shape index (κ3) is 3.89. The average molecular weight is 306 g/mol. The van der Waals surface area contributed by atoms with E-state index in [-0.39, 0.29) is 12.5 Å². The molecule has 1 aliphatic carbocycles. The maximum absolute atomic E-state index is 13.0. The number of hydrogen-bond acceptors (Lipinski definition) is 1. The molecule has 0 aromatic heterocycles. The predicted molar refractivity (Wildman–Crippen MR) is 74.8 cm³/mol. The lowest BCUT2D eigenvalue weighted by atomic mass is 9.83. The molecule has 1 aromatic rings.